The van der Waals surface area contributed by atoms with Crippen LogP contribution >= 0.6 is 0 Å². The van der Waals surface area contributed by atoms with Crippen LogP contribution in [0.25, 0.3) is 0 Å². The number of rotatable bonds is 4. The van der Waals surface area contributed by atoms with Gasteiger partial charge in [-0.05, 0) is 46.0 Å². The zero-order valence-corrected chi connectivity index (χ0v) is 12.5. The van der Waals surface area contributed by atoms with Crippen molar-refractivity contribution in [3.8, 4) is 0 Å². The van der Waals surface area contributed by atoms with Gasteiger partial charge < -0.3 is 19.8 Å². The summed E-state index contributed by atoms with van der Waals surface area (Å²) >= 11 is 0. The maximum Gasteiger partial charge on any atom is 0.410 e. The van der Waals surface area contributed by atoms with E-state index in [0.717, 1.165) is 0 Å². The largest absolute Gasteiger partial charge is 0.481 e. The van der Waals surface area contributed by atoms with Gasteiger partial charge in [0.1, 0.15) is 5.60 Å². The van der Waals surface area contributed by atoms with Crippen LogP contribution in [-0.4, -0.2) is 52.5 Å². The standard InChI is InChI=1S/C14H25NO5/c1-14(2,3)20-13(19)15-7-4-10(5-8-15)11(6-9-16)12(17)18/h10-11,16H,4-9H2,1-3H3,(H,17,18). The number of nitrogens with zero attached hydrogens (tertiary/aromatic N) is 1. The third-order valence-corrected chi connectivity index (χ3v) is 3.52. The van der Waals surface area contributed by atoms with Crippen molar-refractivity contribution in [1.82, 2.24) is 4.90 Å². The fourth-order valence-electron chi connectivity index (χ4n) is 2.51. The van der Waals surface area contributed by atoms with Crippen molar-refractivity contribution in [2.75, 3.05) is 19.7 Å². The highest BCUT2D eigenvalue weighted by molar-refractivity contribution is 5.71. The normalized spacial score (nSPS) is 18.7. The van der Waals surface area contributed by atoms with E-state index in [-0.39, 0.29) is 25.0 Å². The summed E-state index contributed by atoms with van der Waals surface area (Å²) in [6, 6.07) is 0. The third kappa shape index (κ3) is 5.00. The van der Waals surface area contributed by atoms with Gasteiger partial charge in [0.25, 0.3) is 0 Å². The Bertz CT molecular complexity index is 342. The second-order valence-corrected chi connectivity index (χ2v) is 6.26. The highest BCUT2D eigenvalue weighted by atomic mass is 16.6. The van der Waals surface area contributed by atoms with Gasteiger partial charge in [-0.3, -0.25) is 4.79 Å². The lowest BCUT2D eigenvalue weighted by molar-refractivity contribution is -0.145. The number of aliphatic hydroxyl groups excluding tert-OH is 1. The van der Waals surface area contributed by atoms with Crippen LogP contribution in [0.15, 0.2) is 0 Å². The summed E-state index contributed by atoms with van der Waals surface area (Å²) in [7, 11) is 0. The molecule has 0 aromatic heterocycles. The van der Waals surface area contributed by atoms with Crippen LogP contribution in [-0.2, 0) is 9.53 Å². The van der Waals surface area contributed by atoms with Crippen molar-refractivity contribution in [2.45, 2.75) is 45.6 Å². The number of carbonyl (C=O) groups excluding carboxylic acids is 1. The van der Waals surface area contributed by atoms with Crippen LogP contribution < -0.4 is 0 Å². The van der Waals surface area contributed by atoms with Crippen LogP contribution in [0.5, 0.6) is 0 Å². The van der Waals surface area contributed by atoms with Crippen LogP contribution in [0.4, 0.5) is 4.79 Å². The van der Waals surface area contributed by atoms with Crippen molar-refractivity contribution in [3.05, 3.63) is 0 Å². The molecule has 20 heavy (non-hydrogen) atoms. The molecule has 0 radical (unpaired) electrons. The molecule has 0 spiro atoms. The Morgan fingerprint density at radius 1 is 1.30 bits per heavy atom. The SMILES string of the molecule is CC(C)(C)OC(=O)N1CCC(C(CCO)C(=O)O)CC1. The smallest absolute Gasteiger partial charge is 0.410 e. The Kier molecular flexibility index (Phi) is 5.80. The molecule has 1 saturated heterocycles. The monoisotopic (exact) mass is 287 g/mol. The van der Waals surface area contributed by atoms with Gasteiger partial charge in [-0.2, -0.15) is 0 Å². The molecule has 0 saturated carbocycles. The second kappa shape index (κ2) is 6.92. The summed E-state index contributed by atoms with van der Waals surface area (Å²) < 4.78 is 5.30. The molecule has 1 atom stereocenters. The molecule has 1 aliphatic rings. The maximum atomic E-state index is 11.9. The number of hydrogen-bond acceptors (Lipinski definition) is 4. The predicted molar refractivity (Wildman–Crippen MR) is 73.4 cm³/mol. The molecule has 1 unspecified atom stereocenters. The van der Waals surface area contributed by atoms with Gasteiger partial charge in [0.15, 0.2) is 0 Å². The average molecular weight is 287 g/mol. The van der Waals surface area contributed by atoms with Crippen LogP contribution in [0, 0.1) is 11.8 Å². The number of piperidine rings is 1. The van der Waals surface area contributed by atoms with Crippen molar-refractivity contribution in [1.29, 1.82) is 0 Å². The number of carbonyl (C=O) groups is 2. The molecule has 6 heteroatoms. The fraction of sp³-hybridized carbons (Fsp3) is 0.857. The second-order valence-electron chi connectivity index (χ2n) is 6.26. The fourth-order valence-corrected chi connectivity index (χ4v) is 2.51. The zero-order chi connectivity index (χ0) is 15.3. The van der Waals surface area contributed by atoms with E-state index in [1.807, 2.05) is 20.8 Å². The molecule has 0 bridgehead atoms. The van der Waals surface area contributed by atoms with Crippen molar-refractivity contribution < 1.29 is 24.5 Å². The summed E-state index contributed by atoms with van der Waals surface area (Å²) in [4.78, 5) is 24.7. The van der Waals surface area contributed by atoms with Crippen molar-refractivity contribution in [3.63, 3.8) is 0 Å². The lowest BCUT2D eigenvalue weighted by Crippen LogP contribution is -2.43. The minimum absolute atomic E-state index is 0.0123. The Balaban J connectivity index is 2.50. The van der Waals surface area contributed by atoms with E-state index in [1.165, 1.54) is 0 Å². The molecule has 1 amide bonds. The van der Waals surface area contributed by atoms with Gasteiger partial charge in [-0.1, -0.05) is 0 Å². The van der Waals surface area contributed by atoms with E-state index >= 15 is 0 Å². The summed E-state index contributed by atoms with van der Waals surface area (Å²) in [5.74, 6) is -1.38. The van der Waals surface area contributed by atoms with E-state index in [1.54, 1.807) is 4.90 Å². The van der Waals surface area contributed by atoms with Gasteiger partial charge in [0.05, 0.1) is 5.92 Å². The predicted octanol–water partition coefficient (Wildman–Crippen LogP) is 1.72. The summed E-state index contributed by atoms with van der Waals surface area (Å²) in [6.07, 6.45) is 1.20. The quantitative estimate of drug-likeness (QED) is 0.822. The minimum atomic E-state index is -0.866. The first-order valence-electron chi connectivity index (χ1n) is 7.06. The minimum Gasteiger partial charge on any atom is -0.481 e. The molecule has 1 rings (SSSR count). The molecule has 6 nitrogen and oxygen atoms in total. The van der Waals surface area contributed by atoms with E-state index < -0.39 is 17.5 Å². The summed E-state index contributed by atoms with van der Waals surface area (Å²) in [5, 5.41) is 18.1. The molecule has 116 valence electrons. The number of aliphatic hydroxyl groups is 1. The lowest BCUT2D eigenvalue weighted by Gasteiger charge is -2.35. The highest BCUT2D eigenvalue weighted by Gasteiger charge is 2.33. The number of hydrogen-bond donors (Lipinski definition) is 2. The molecule has 1 fully saturated rings. The first-order valence-corrected chi connectivity index (χ1v) is 7.06. The van der Waals surface area contributed by atoms with E-state index in [4.69, 9.17) is 14.9 Å². The van der Waals surface area contributed by atoms with Crippen molar-refractivity contribution >= 4 is 12.1 Å². The van der Waals surface area contributed by atoms with Gasteiger partial charge in [-0.25, -0.2) is 4.79 Å². The Morgan fingerprint density at radius 3 is 2.25 bits per heavy atom. The average Bonchev–Trinajstić information content (AvgIpc) is 2.33. The Morgan fingerprint density at radius 2 is 1.85 bits per heavy atom. The van der Waals surface area contributed by atoms with E-state index in [9.17, 15) is 9.59 Å². The van der Waals surface area contributed by atoms with Crippen LogP contribution in [0.1, 0.15) is 40.0 Å². The number of carboxylic acids is 1. The van der Waals surface area contributed by atoms with Crippen molar-refractivity contribution in [2.24, 2.45) is 11.8 Å². The number of carboxylic acid groups (broad SMARTS) is 1. The molecule has 1 heterocycles. The lowest BCUT2D eigenvalue weighted by atomic mass is 9.82. The van der Waals surface area contributed by atoms with Gasteiger partial charge >= 0.3 is 12.1 Å². The number of likely N-dealkylation sites (tertiary alicyclic amines) is 1. The van der Waals surface area contributed by atoms with Gasteiger partial charge in [0, 0.05) is 19.7 Å². The molecular weight excluding hydrogens is 262 g/mol. The molecule has 0 aliphatic carbocycles. The first-order chi connectivity index (χ1) is 9.24. The number of ether oxygens (including phenoxy) is 1. The first kappa shape index (κ1) is 16.8. The van der Waals surface area contributed by atoms with Gasteiger partial charge in [0.2, 0.25) is 0 Å². The Hall–Kier alpha value is -1.30. The molecule has 0 aromatic carbocycles. The van der Waals surface area contributed by atoms with Crippen LogP contribution in [0.2, 0.25) is 0 Å². The molecule has 2 N–H and O–H groups in total. The summed E-state index contributed by atoms with van der Waals surface area (Å²) in [5.41, 5.74) is -0.519. The summed E-state index contributed by atoms with van der Waals surface area (Å²) in [6.45, 7) is 6.35. The Labute approximate surface area is 119 Å². The molecular formula is C14H25NO5. The topological polar surface area (TPSA) is 87.1 Å². The number of amides is 1. The molecule has 1 aliphatic heterocycles. The highest BCUT2D eigenvalue weighted by Crippen LogP contribution is 2.28. The zero-order valence-electron chi connectivity index (χ0n) is 12.5. The van der Waals surface area contributed by atoms with E-state index in [0.29, 0.717) is 25.9 Å². The van der Waals surface area contributed by atoms with Crippen LogP contribution in [0.3, 0.4) is 0 Å². The maximum absolute atomic E-state index is 11.9. The number of aliphatic carboxylic acids is 1. The molecule has 0 aromatic rings. The third-order valence-electron chi connectivity index (χ3n) is 3.52. The van der Waals surface area contributed by atoms with Gasteiger partial charge in [-0.15, -0.1) is 0 Å². The van der Waals surface area contributed by atoms with E-state index in [2.05, 4.69) is 0 Å².